The van der Waals surface area contributed by atoms with Gasteiger partial charge >= 0.3 is 0 Å². The molecular weight excluding hydrogens is 257 g/mol. The van der Waals surface area contributed by atoms with Gasteiger partial charge in [-0.1, -0.05) is 0 Å². The molecule has 0 aromatic rings. The Bertz CT molecular complexity index is 142. The predicted molar refractivity (Wildman–Crippen MR) is 51.3 cm³/mol. The highest BCUT2D eigenvalue weighted by atomic mass is 31.2. The van der Waals surface area contributed by atoms with E-state index in [0.717, 1.165) is 0 Å². The van der Waals surface area contributed by atoms with E-state index < -0.39 is 26.5 Å². The molecule has 110 valence electrons. The van der Waals surface area contributed by atoms with Crippen LogP contribution in [0.1, 0.15) is 20.8 Å². The summed E-state index contributed by atoms with van der Waals surface area (Å²) in [5.74, 6) is 0. The van der Waals surface area contributed by atoms with Crippen LogP contribution in [0.3, 0.4) is 0 Å². The van der Waals surface area contributed by atoms with Crippen molar-refractivity contribution in [3.05, 3.63) is 0 Å². The van der Waals surface area contributed by atoms with Gasteiger partial charge in [0, 0.05) is 20.8 Å². The third-order valence-corrected chi connectivity index (χ3v) is 0. The maximum Gasteiger partial charge on any atom is 0.182 e. The molecule has 0 bridgehead atoms. The second-order valence-electron chi connectivity index (χ2n) is 2.99. The summed E-state index contributed by atoms with van der Waals surface area (Å²) in [6.07, 6.45) is -1.25. The largest absolute Gasteiger partial charge is 0.822 e. The summed E-state index contributed by atoms with van der Waals surface area (Å²) in [4.78, 5) is 25.6. The van der Waals surface area contributed by atoms with Crippen molar-refractivity contribution >= 4 is 7.82 Å². The first-order valence-corrected chi connectivity index (χ1v) is 5.92. The van der Waals surface area contributed by atoms with Gasteiger partial charge in [-0.2, -0.15) is 7.82 Å². The minimum atomic E-state index is -5.39. The van der Waals surface area contributed by atoms with E-state index in [4.69, 9.17) is 34.6 Å². The van der Waals surface area contributed by atoms with Crippen molar-refractivity contribution in [2.75, 3.05) is 0 Å². The summed E-state index contributed by atoms with van der Waals surface area (Å²) < 4.78 is 8.55. The van der Waals surface area contributed by atoms with Gasteiger partial charge in [0.05, 0.1) is 0 Å². The number of hydrogen-bond donors (Lipinski definition) is 6. The van der Waals surface area contributed by atoms with Crippen molar-refractivity contribution in [2.45, 2.75) is 39.5 Å². The Balaban J connectivity index is -0.0000000667. The highest BCUT2D eigenvalue weighted by molar-refractivity contribution is 7.40. The van der Waals surface area contributed by atoms with Crippen LogP contribution in [0.5, 0.6) is 0 Å². The van der Waals surface area contributed by atoms with Crippen molar-refractivity contribution in [3.8, 4) is 0 Å². The minimum absolute atomic E-state index is 0.417. The molecule has 0 aliphatic carbocycles. The molecule has 0 aliphatic rings. The van der Waals surface area contributed by atoms with Gasteiger partial charge in [-0.25, -0.2) is 0 Å². The molecule has 10 nitrogen and oxygen atoms in total. The first-order valence-electron chi connectivity index (χ1n) is 4.46. The molecule has 0 saturated heterocycles. The highest BCUT2D eigenvalue weighted by Crippen LogP contribution is 2.03. The summed E-state index contributed by atoms with van der Waals surface area (Å²) in [6, 6.07) is 0. The van der Waals surface area contributed by atoms with Gasteiger partial charge < -0.3 is 51.8 Å². The van der Waals surface area contributed by atoms with Crippen LogP contribution >= 0.6 is 7.82 Å². The Kier molecular flexibility index (Phi) is 23.9. The number of phosphoric acid groups is 1. The van der Waals surface area contributed by atoms with Crippen LogP contribution in [0.15, 0.2) is 0 Å². The lowest BCUT2D eigenvalue weighted by Crippen LogP contribution is -2.58. The van der Waals surface area contributed by atoms with E-state index in [1.54, 1.807) is 20.8 Å². The van der Waals surface area contributed by atoms with Gasteiger partial charge in [-0.3, -0.25) is 0 Å². The molecule has 0 fully saturated rings. The quantitative estimate of drug-likeness (QED) is 0.185. The predicted octanol–water partition coefficient (Wildman–Crippen LogP) is -7.12. The number of aliphatic hydroxyl groups is 3. The Morgan fingerprint density at radius 2 is 0.824 bits per heavy atom. The van der Waals surface area contributed by atoms with Gasteiger partial charge in [0.15, 0.2) is 18.7 Å². The lowest BCUT2D eigenvalue weighted by Gasteiger charge is -2.36. The Morgan fingerprint density at radius 3 is 0.824 bits per heavy atom. The number of hydrogen-bond acceptors (Lipinski definition) is 7. The molecule has 0 aliphatic heterocycles. The van der Waals surface area contributed by atoms with Crippen LogP contribution in [-0.4, -0.2) is 34.0 Å². The van der Waals surface area contributed by atoms with Crippen molar-refractivity contribution in [1.82, 2.24) is 0 Å². The standard InChI is InChI=1S/3C2H7NO.H3O4P/c3*1-2(3)4;1-5(2,3)4/h3*2,4H,3H2,1H3;(H3,1,2,3,4). The third kappa shape index (κ3) is 181000. The zero-order valence-corrected chi connectivity index (χ0v) is 11.2. The van der Waals surface area contributed by atoms with E-state index in [0.29, 0.717) is 0 Å². The van der Waals surface area contributed by atoms with Crippen LogP contribution in [0.4, 0.5) is 0 Å². The van der Waals surface area contributed by atoms with Crippen LogP contribution in [0.25, 0.3) is 0 Å². The molecule has 0 heterocycles. The Labute approximate surface area is 99.9 Å². The molecule has 0 rings (SSSR count). The fraction of sp³-hybridized carbons (Fsp3) is 1.00. The molecule has 0 spiro atoms. The summed E-state index contributed by atoms with van der Waals surface area (Å²) in [7, 11) is -5.39. The maximum atomic E-state index is 8.55. The average molecular weight is 281 g/mol. The Hall–Kier alpha value is -0.130. The van der Waals surface area contributed by atoms with Crippen molar-refractivity contribution in [2.24, 2.45) is 0 Å². The van der Waals surface area contributed by atoms with Crippen molar-refractivity contribution in [1.29, 1.82) is 0 Å². The van der Waals surface area contributed by atoms with Crippen LogP contribution in [0, 0.1) is 0 Å². The minimum Gasteiger partial charge on any atom is -0.822 e. The molecule has 17 heavy (non-hydrogen) atoms. The fourth-order valence-corrected chi connectivity index (χ4v) is 0. The molecule has 0 saturated carbocycles. The first kappa shape index (κ1) is 25.7. The van der Waals surface area contributed by atoms with Gasteiger partial charge in [-0.05, 0) is 0 Å². The van der Waals surface area contributed by atoms with Crippen molar-refractivity contribution in [3.63, 3.8) is 0 Å². The van der Waals surface area contributed by atoms with E-state index in [-0.39, 0.29) is 0 Å². The Morgan fingerprint density at radius 1 is 0.824 bits per heavy atom. The fourth-order valence-electron chi connectivity index (χ4n) is 0. The van der Waals surface area contributed by atoms with Crippen LogP contribution in [-0.2, 0) is 4.57 Å². The van der Waals surface area contributed by atoms with Gasteiger partial charge in [0.1, 0.15) is 0 Å². The van der Waals surface area contributed by atoms with Crippen LogP contribution < -0.4 is 31.9 Å². The molecule has 12 N–H and O–H groups in total. The lowest BCUT2D eigenvalue weighted by molar-refractivity contribution is -0.476. The van der Waals surface area contributed by atoms with E-state index in [2.05, 4.69) is 17.2 Å². The van der Waals surface area contributed by atoms with E-state index in [1.165, 1.54) is 0 Å². The molecule has 11 heteroatoms. The molecule has 0 amide bonds. The second-order valence-corrected chi connectivity index (χ2v) is 3.89. The number of quaternary nitrogens is 3. The van der Waals surface area contributed by atoms with Gasteiger partial charge in [0.2, 0.25) is 0 Å². The van der Waals surface area contributed by atoms with E-state index >= 15 is 0 Å². The summed E-state index contributed by atoms with van der Waals surface area (Å²) >= 11 is 0. The molecule has 3 atom stereocenters. The smallest absolute Gasteiger partial charge is 0.182 e. The lowest BCUT2D eigenvalue weighted by atomic mass is 10.7. The number of aliphatic hydroxyl groups excluding tert-OH is 3. The summed E-state index contributed by atoms with van der Waals surface area (Å²) in [5.41, 5.74) is 9.58. The second kappa shape index (κ2) is 15.9. The molecule has 0 radical (unpaired) electrons. The maximum absolute atomic E-state index is 8.55. The van der Waals surface area contributed by atoms with Crippen molar-refractivity contribution < 1.29 is 51.8 Å². The normalized spacial score (nSPS) is 14.6. The monoisotopic (exact) mass is 281 g/mol. The highest BCUT2D eigenvalue weighted by Gasteiger charge is 1.74. The molecule has 3 unspecified atom stereocenters. The molecular formula is C6H24N3O7P. The third-order valence-electron chi connectivity index (χ3n) is 0. The molecule has 0 aromatic carbocycles. The van der Waals surface area contributed by atoms with E-state index in [1.807, 2.05) is 0 Å². The zero-order chi connectivity index (χ0) is 15.2. The molecule has 0 aromatic heterocycles. The summed E-state index contributed by atoms with van der Waals surface area (Å²) in [5, 5.41) is 23.8. The van der Waals surface area contributed by atoms with Crippen LogP contribution in [0.2, 0.25) is 0 Å². The summed E-state index contributed by atoms with van der Waals surface area (Å²) in [6.45, 7) is 4.83. The average Bonchev–Trinajstić information content (AvgIpc) is 1.73. The first-order chi connectivity index (χ1) is 7.20. The van der Waals surface area contributed by atoms with Gasteiger partial charge in [0.25, 0.3) is 0 Å². The number of rotatable bonds is 0. The van der Waals surface area contributed by atoms with E-state index in [9.17, 15) is 0 Å². The zero-order valence-electron chi connectivity index (χ0n) is 10.3. The van der Waals surface area contributed by atoms with Gasteiger partial charge in [-0.15, -0.1) is 0 Å². The SMILES string of the molecule is CC([NH3+])O.CC([NH3+])O.CC([NH3+])O.O=P([O-])([O-])[O-]. The topological polar surface area (TPSA) is 230 Å².